The van der Waals surface area contributed by atoms with Crippen LogP contribution in [0, 0.1) is 0 Å². The number of hydrogen-bond donors (Lipinski definition) is 1. The third-order valence-electron chi connectivity index (χ3n) is 1.75. The Kier molecular flexibility index (Phi) is 5.03. The largest absolute Gasteiger partial charge is 0.324 e. The zero-order valence-corrected chi connectivity index (χ0v) is 10.4. The second kappa shape index (κ2) is 6.06. The topological polar surface area (TPSA) is 37.8 Å². The summed E-state index contributed by atoms with van der Waals surface area (Å²) in [5.74, 6) is 1.18. The summed E-state index contributed by atoms with van der Waals surface area (Å²) < 4.78 is 0. The van der Waals surface area contributed by atoms with E-state index in [0.717, 1.165) is 0 Å². The normalized spacial score (nSPS) is 9.38. The first-order valence-electron chi connectivity index (χ1n) is 4.25. The molecule has 2 heterocycles. The monoisotopic (exact) mass is 302 g/mol. The average Bonchev–Trinajstić information content (AvgIpc) is 2.26. The zero-order chi connectivity index (χ0) is 10.7. The van der Waals surface area contributed by atoms with E-state index in [4.69, 9.17) is 23.2 Å². The molecule has 0 fully saturated rings. The number of pyridine rings is 2. The number of nitrogens with one attached hydrogen (secondary N) is 1. The van der Waals surface area contributed by atoms with Crippen molar-refractivity contribution in [2.45, 2.75) is 0 Å². The zero-order valence-electron chi connectivity index (χ0n) is 7.92. The van der Waals surface area contributed by atoms with Crippen molar-refractivity contribution in [1.29, 1.82) is 0 Å². The Labute approximate surface area is 114 Å². The van der Waals surface area contributed by atoms with Gasteiger partial charge in [-0.1, -0.05) is 29.3 Å². The molecule has 0 aliphatic heterocycles. The van der Waals surface area contributed by atoms with E-state index >= 15 is 0 Å². The molecule has 0 atom stereocenters. The van der Waals surface area contributed by atoms with Crippen molar-refractivity contribution in [1.82, 2.24) is 9.97 Å². The van der Waals surface area contributed by atoms with Gasteiger partial charge in [-0.15, -0.1) is 0 Å². The molecular weight excluding hydrogens is 297 g/mol. The molecule has 16 heavy (non-hydrogen) atoms. The van der Waals surface area contributed by atoms with Crippen molar-refractivity contribution in [2.75, 3.05) is 5.32 Å². The second-order valence-corrected chi connectivity index (χ2v) is 3.58. The van der Waals surface area contributed by atoms with Gasteiger partial charge in [-0.25, -0.2) is 9.97 Å². The molecule has 0 unspecified atom stereocenters. The molecule has 87 valence electrons. The van der Waals surface area contributed by atoms with Gasteiger partial charge in [-0.2, -0.15) is 0 Å². The molecule has 1 N–H and O–H groups in total. The van der Waals surface area contributed by atoms with Crippen LogP contribution in [-0.4, -0.2) is 9.97 Å². The summed E-state index contributed by atoms with van der Waals surface area (Å²) in [5, 5.41) is 3.83. The van der Waals surface area contributed by atoms with Crippen molar-refractivity contribution in [3.8, 4) is 0 Å². The summed E-state index contributed by atoms with van der Waals surface area (Å²) >= 11 is 11.8. The van der Waals surface area contributed by atoms with Crippen LogP contribution >= 0.6 is 23.2 Å². The van der Waals surface area contributed by atoms with Gasteiger partial charge in [0.2, 0.25) is 0 Å². The summed E-state index contributed by atoms with van der Waals surface area (Å²) in [6, 6.07) is 7.15. The van der Waals surface area contributed by atoms with E-state index in [9.17, 15) is 0 Å². The van der Waals surface area contributed by atoms with Crippen molar-refractivity contribution < 1.29 is 17.1 Å². The van der Waals surface area contributed by atoms with Crippen molar-refractivity contribution >= 4 is 34.8 Å². The Morgan fingerprint density at radius 1 is 1.00 bits per heavy atom. The molecule has 0 aromatic carbocycles. The van der Waals surface area contributed by atoms with Gasteiger partial charge in [0.25, 0.3) is 0 Å². The number of rotatable bonds is 2. The molecule has 0 spiro atoms. The third kappa shape index (κ3) is 3.09. The fraction of sp³-hybridized carbons (Fsp3) is 0. The van der Waals surface area contributed by atoms with Gasteiger partial charge < -0.3 is 5.32 Å². The van der Waals surface area contributed by atoms with Gasteiger partial charge in [0, 0.05) is 29.5 Å². The predicted octanol–water partition coefficient (Wildman–Crippen LogP) is 3.52. The van der Waals surface area contributed by atoms with Crippen LogP contribution in [0.1, 0.15) is 0 Å². The molecule has 1 radical (unpaired) electrons. The minimum Gasteiger partial charge on any atom is -0.324 e. The van der Waals surface area contributed by atoms with E-state index in [2.05, 4.69) is 15.3 Å². The average molecular weight is 304 g/mol. The summed E-state index contributed by atoms with van der Waals surface area (Å²) in [4.78, 5) is 8.16. The van der Waals surface area contributed by atoms with E-state index in [1.54, 1.807) is 18.5 Å². The molecule has 0 amide bonds. The van der Waals surface area contributed by atoms with Crippen LogP contribution in [0.15, 0.2) is 36.7 Å². The molecule has 0 saturated carbocycles. The van der Waals surface area contributed by atoms with Crippen LogP contribution in [-0.2, 0) is 17.1 Å². The van der Waals surface area contributed by atoms with Gasteiger partial charge in [-0.3, -0.25) is 0 Å². The van der Waals surface area contributed by atoms with Gasteiger partial charge >= 0.3 is 0 Å². The number of nitrogens with zero attached hydrogens (tertiary/aromatic N) is 2. The summed E-state index contributed by atoms with van der Waals surface area (Å²) in [7, 11) is 0. The van der Waals surface area contributed by atoms with Crippen molar-refractivity contribution in [2.24, 2.45) is 0 Å². The first kappa shape index (κ1) is 13.3. The van der Waals surface area contributed by atoms with Gasteiger partial charge in [-0.05, 0) is 18.2 Å². The first-order chi connectivity index (χ1) is 7.27. The second-order valence-electron chi connectivity index (χ2n) is 2.80. The van der Waals surface area contributed by atoms with Gasteiger partial charge in [0.05, 0.1) is 5.02 Å². The molecule has 3 nitrogen and oxygen atoms in total. The number of hydrogen-bond acceptors (Lipinski definition) is 3. The molecule has 0 bridgehead atoms. The van der Waals surface area contributed by atoms with Crippen LogP contribution in [0.3, 0.4) is 0 Å². The van der Waals surface area contributed by atoms with E-state index < -0.39 is 0 Å². The first-order valence-corrected chi connectivity index (χ1v) is 5.01. The fourth-order valence-corrected chi connectivity index (χ4v) is 1.37. The maximum Gasteiger partial charge on any atom is 0.151 e. The van der Waals surface area contributed by atoms with Crippen molar-refractivity contribution in [3.63, 3.8) is 0 Å². The Balaban J connectivity index is 0.00000128. The molecule has 2 rings (SSSR count). The van der Waals surface area contributed by atoms with Crippen LogP contribution < -0.4 is 5.32 Å². The molecule has 2 aromatic rings. The third-order valence-corrected chi connectivity index (χ3v) is 2.55. The van der Waals surface area contributed by atoms with E-state index in [-0.39, 0.29) is 17.1 Å². The van der Waals surface area contributed by atoms with Crippen molar-refractivity contribution in [3.05, 3.63) is 46.7 Å². The quantitative estimate of drug-likeness (QED) is 0.863. The molecule has 6 heteroatoms. The number of aromatic nitrogens is 2. The minimum absolute atomic E-state index is 0. The Hall–Kier alpha value is -0.801. The molecular formula is C10H7Cl2CuN3. The fourth-order valence-electron chi connectivity index (χ4n) is 1.07. The maximum absolute atomic E-state index is 5.96. The predicted molar refractivity (Wildman–Crippen MR) is 61.8 cm³/mol. The van der Waals surface area contributed by atoms with Gasteiger partial charge in [0.1, 0.15) is 10.8 Å². The van der Waals surface area contributed by atoms with E-state index in [1.165, 1.54) is 0 Å². The maximum atomic E-state index is 5.96. The Morgan fingerprint density at radius 3 is 2.50 bits per heavy atom. The summed E-state index contributed by atoms with van der Waals surface area (Å²) in [5.41, 5.74) is 0. The van der Waals surface area contributed by atoms with Crippen LogP contribution in [0.25, 0.3) is 0 Å². The summed E-state index contributed by atoms with van der Waals surface area (Å²) in [6.07, 6.45) is 3.26. The standard InChI is InChI=1S/C10H7Cl2N3.Cu/c11-7-4-6-14-10(9(7)12)15-8-3-1-2-5-13-8;/h1-6H,(H,13,14,15);. The Bertz CT molecular complexity index is 465. The Morgan fingerprint density at radius 2 is 1.81 bits per heavy atom. The van der Waals surface area contributed by atoms with E-state index in [0.29, 0.717) is 21.7 Å². The number of halogens is 2. The molecule has 2 aromatic heterocycles. The summed E-state index contributed by atoms with van der Waals surface area (Å²) in [6.45, 7) is 0. The molecule has 0 aliphatic carbocycles. The van der Waals surface area contributed by atoms with Crippen LogP contribution in [0.4, 0.5) is 11.6 Å². The minimum atomic E-state index is 0. The SMILES string of the molecule is Clc1ccnc(Nc2ccccn2)c1Cl.[Cu]. The van der Waals surface area contributed by atoms with Crippen LogP contribution in [0.5, 0.6) is 0 Å². The molecule has 0 saturated heterocycles. The van der Waals surface area contributed by atoms with E-state index in [1.807, 2.05) is 18.2 Å². The van der Waals surface area contributed by atoms with Gasteiger partial charge in [0.15, 0.2) is 5.82 Å². The smallest absolute Gasteiger partial charge is 0.151 e. The number of anilines is 2. The van der Waals surface area contributed by atoms with Crippen LogP contribution in [0.2, 0.25) is 10.0 Å². The molecule has 0 aliphatic rings.